The summed E-state index contributed by atoms with van der Waals surface area (Å²) in [5, 5.41) is 0. The minimum Gasteiger partial charge on any atom is -0.293 e. The van der Waals surface area contributed by atoms with Crippen LogP contribution in [0.3, 0.4) is 0 Å². The minimum absolute atomic E-state index is 0.149. The van der Waals surface area contributed by atoms with Crippen molar-refractivity contribution >= 4 is 33.0 Å². The maximum atomic E-state index is 11.6. The summed E-state index contributed by atoms with van der Waals surface area (Å²) in [6.07, 6.45) is 0.911. The Morgan fingerprint density at radius 3 is 2.75 bits per heavy atom. The van der Waals surface area contributed by atoms with Crippen LogP contribution in [0.2, 0.25) is 0 Å². The molecule has 0 aliphatic heterocycles. The molecule has 12 heavy (non-hydrogen) atoms. The lowest BCUT2D eigenvalue weighted by Crippen LogP contribution is -2.07. The number of hydrogen-bond acceptors (Lipinski definition) is 2. The first-order chi connectivity index (χ1) is 5.65. The highest BCUT2D eigenvalue weighted by Crippen LogP contribution is 2.24. The van der Waals surface area contributed by atoms with E-state index in [-0.39, 0.29) is 11.7 Å². The number of thiophene rings is 1. The molecule has 66 valence electrons. The van der Waals surface area contributed by atoms with Crippen molar-refractivity contribution in [1.82, 2.24) is 0 Å². The first kappa shape index (κ1) is 9.93. The van der Waals surface area contributed by atoms with Gasteiger partial charge in [0, 0.05) is 5.92 Å². The molecule has 3 heteroatoms. The van der Waals surface area contributed by atoms with Crippen molar-refractivity contribution in [3.8, 4) is 0 Å². The average molecular weight is 247 g/mol. The summed E-state index contributed by atoms with van der Waals surface area (Å²) in [5.41, 5.74) is 0. The monoisotopic (exact) mass is 246 g/mol. The Hall–Kier alpha value is -0.150. The van der Waals surface area contributed by atoms with Gasteiger partial charge in [-0.05, 0) is 34.5 Å². The predicted molar refractivity (Wildman–Crippen MR) is 55.8 cm³/mol. The molecule has 0 saturated heterocycles. The van der Waals surface area contributed by atoms with Gasteiger partial charge in [0.2, 0.25) is 0 Å². The Kier molecular flexibility index (Phi) is 3.47. The zero-order chi connectivity index (χ0) is 9.14. The molecule has 0 aliphatic rings. The van der Waals surface area contributed by atoms with Crippen LogP contribution in [0.25, 0.3) is 0 Å². The lowest BCUT2D eigenvalue weighted by atomic mass is 10.0. The molecule has 0 aromatic carbocycles. The Labute approximate surface area is 84.9 Å². The normalized spacial score (nSPS) is 12.9. The summed E-state index contributed by atoms with van der Waals surface area (Å²) >= 11 is 4.84. The van der Waals surface area contributed by atoms with Crippen molar-refractivity contribution < 1.29 is 4.79 Å². The van der Waals surface area contributed by atoms with E-state index in [1.54, 1.807) is 0 Å². The average Bonchev–Trinajstić information content (AvgIpc) is 2.49. The molecule has 0 saturated carbocycles. The molecule has 0 bridgehead atoms. The molecule has 1 unspecified atom stereocenters. The van der Waals surface area contributed by atoms with E-state index in [2.05, 4.69) is 15.9 Å². The zero-order valence-electron chi connectivity index (χ0n) is 7.13. The third kappa shape index (κ3) is 2.17. The number of hydrogen-bond donors (Lipinski definition) is 0. The standard InChI is InChI=1S/C9H11BrOS/c1-3-6(2)9(11)7-4-5-8(10)12-7/h4-6H,3H2,1-2H3. The SMILES string of the molecule is CCC(C)C(=O)c1ccc(Br)s1. The van der Waals surface area contributed by atoms with Crippen LogP contribution in [0, 0.1) is 5.92 Å². The van der Waals surface area contributed by atoms with Crippen LogP contribution in [-0.2, 0) is 0 Å². The van der Waals surface area contributed by atoms with Gasteiger partial charge in [0.1, 0.15) is 0 Å². The highest BCUT2D eigenvalue weighted by molar-refractivity contribution is 9.11. The predicted octanol–water partition coefficient (Wildman–Crippen LogP) is 3.74. The Bertz CT molecular complexity index is 280. The van der Waals surface area contributed by atoms with Gasteiger partial charge < -0.3 is 0 Å². The first-order valence-electron chi connectivity index (χ1n) is 3.94. The molecule has 0 amide bonds. The van der Waals surface area contributed by atoms with Gasteiger partial charge >= 0.3 is 0 Å². The molecule has 1 rings (SSSR count). The van der Waals surface area contributed by atoms with Gasteiger partial charge in [0.15, 0.2) is 5.78 Å². The molecule has 1 nitrogen and oxygen atoms in total. The van der Waals surface area contributed by atoms with Gasteiger partial charge in [-0.1, -0.05) is 13.8 Å². The Morgan fingerprint density at radius 1 is 1.67 bits per heavy atom. The molecule has 1 heterocycles. The molecule has 1 atom stereocenters. The van der Waals surface area contributed by atoms with Crippen molar-refractivity contribution in [3.63, 3.8) is 0 Å². The Morgan fingerprint density at radius 2 is 2.33 bits per heavy atom. The van der Waals surface area contributed by atoms with E-state index in [1.807, 2.05) is 26.0 Å². The van der Waals surface area contributed by atoms with E-state index >= 15 is 0 Å². The van der Waals surface area contributed by atoms with Crippen LogP contribution >= 0.6 is 27.3 Å². The van der Waals surface area contributed by atoms with E-state index in [0.29, 0.717) is 0 Å². The van der Waals surface area contributed by atoms with Crippen LogP contribution in [0.15, 0.2) is 15.9 Å². The first-order valence-corrected chi connectivity index (χ1v) is 5.55. The maximum Gasteiger partial charge on any atom is 0.175 e. The van der Waals surface area contributed by atoms with E-state index in [4.69, 9.17) is 0 Å². The molecular weight excluding hydrogens is 236 g/mol. The van der Waals surface area contributed by atoms with Crippen LogP contribution < -0.4 is 0 Å². The number of rotatable bonds is 3. The van der Waals surface area contributed by atoms with Gasteiger partial charge in [-0.15, -0.1) is 11.3 Å². The van der Waals surface area contributed by atoms with E-state index in [1.165, 1.54) is 11.3 Å². The summed E-state index contributed by atoms with van der Waals surface area (Å²) in [6.45, 7) is 4.00. The zero-order valence-corrected chi connectivity index (χ0v) is 9.54. The van der Waals surface area contributed by atoms with Crippen molar-refractivity contribution in [1.29, 1.82) is 0 Å². The highest BCUT2D eigenvalue weighted by Gasteiger charge is 2.14. The summed E-state index contributed by atoms with van der Waals surface area (Å²) < 4.78 is 1.02. The number of halogens is 1. The lowest BCUT2D eigenvalue weighted by molar-refractivity contribution is 0.0931. The Balaban J connectivity index is 2.78. The van der Waals surface area contributed by atoms with Crippen molar-refractivity contribution in [2.45, 2.75) is 20.3 Å². The maximum absolute atomic E-state index is 11.6. The van der Waals surface area contributed by atoms with Crippen molar-refractivity contribution in [3.05, 3.63) is 20.8 Å². The van der Waals surface area contributed by atoms with Crippen molar-refractivity contribution in [2.75, 3.05) is 0 Å². The fourth-order valence-corrected chi connectivity index (χ4v) is 2.31. The molecule has 0 spiro atoms. The summed E-state index contributed by atoms with van der Waals surface area (Å²) in [7, 11) is 0. The molecule has 0 aliphatic carbocycles. The quantitative estimate of drug-likeness (QED) is 0.743. The summed E-state index contributed by atoms with van der Waals surface area (Å²) in [4.78, 5) is 12.4. The molecular formula is C9H11BrOS. The number of ketones is 1. The van der Waals surface area contributed by atoms with Crippen LogP contribution in [-0.4, -0.2) is 5.78 Å². The second kappa shape index (κ2) is 4.19. The molecule has 1 aromatic rings. The number of Topliss-reactive ketones (excluding diaryl/α,β-unsaturated/α-hetero) is 1. The second-order valence-corrected chi connectivity index (χ2v) is 5.24. The largest absolute Gasteiger partial charge is 0.293 e. The highest BCUT2D eigenvalue weighted by atomic mass is 79.9. The van der Waals surface area contributed by atoms with Crippen LogP contribution in [0.4, 0.5) is 0 Å². The minimum atomic E-state index is 0.149. The van der Waals surface area contributed by atoms with Gasteiger partial charge in [-0.2, -0.15) is 0 Å². The lowest BCUT2D eigenvalue weighted by Gasteiger charge is -2.03. The van der Waals surface area contributed by atoms with Gasteiger partial charge in [-0.25, -0.2) is 0 Å². The number of carbonyl (C=O) groups is 1. The van der Waals surface area contributed by atoms with E-state index < -0.39 is 0 Å². The summed E-state index contributed by atoms with van der Waals surface area (Å²) in [6, 6.07) is 3.80. The fourth-order valence-electron chi connectivity index (χ4n) is 0.875. The van der Waals surface area contributed by atoms with Gasteiger partial charge in [-0.3, -0.25) is 4.79 Å². The van der Waals surface area contributed by atoms with E-state index in [9.17, 15) is 4.79 Å². The molecule has 0 radical (unpaired) electrons. The van der Waals surface area contributed by atoms with Crippen LogP contribution in [0.1, 0.15) is 29.9 Å². The molecule has 1 aromatic heterocycles. The third-order valence-electron chi connectivity index (χ3n) is 1.88. The van der Waals surface area contributed by atoms with E-state index in [0.717, 1.165) is 15.1 Å². The smallest absolute Gasteiger partial charge is 0.175 e. The van der Waals surface area contributed by atoms with Crippen molar-refractivity contribution in [2.24, 2.45) is 5.92 Å². The van der Waals surface area contributed by atoms with Gasteiger partial charge in [0.25, 0.3) is 0 Å². The number of carbonyl (C=O) groups excluding carboxylic acids is 1. The fraction of sp³-hybridized carbons (Fsp3) is 0.444. The summed E-state index contributed by atoms with van der Waals surface area (Å²) in [5.74, 6) is 0.406. The molecule has 0 fully saturated rings. The third-order valence-corrected chi connectivity index (χ3v) is 3.51. The van der Waals surface area contributed by atoms with Gasteiger partial charge in [0.05, 0.1) is 8.66 Å². The molecule has 0 N–H and O–H groups in total. The van der Waals surface area contributed by atoms with Crippen LogP contribution in [0.5, 0.6) is 0 Å². The second-order valence-electron chi connectivity index (χ2n) is 2.78. The topological polar surface area (TPSA) is 17.1 Å².